The van der Waals surface area contributed by atoms with Gasteiger partial charge < -0.3 is 50.6 Å². The topological polar surface area (TPSA) is 216 Å². The van der Waals surface area contributed by atoms with E-state index < -0.39 is 61.1 Å². The molecule has 0 spiro atoms. The number of nitrogens with zero attached hydrogens (tertiary/aromatic N) is 1. The van der Waals surface area contributed by atoms with Crippen LogP contribution in [0, 0.1) is 0 Å². The van der Waals surface area contributed by atoms with Crippen LogP contribution in [-0.2, 0) is 35.2 Å². The molecule has 15 heteroatoms. The first-order valence-corrected chi connectivity index (χ1v) is 13.8. The monoisotopic (exact) mass is 598 g/mol. The summed E-state index contributed by atoms with van der Waals surface area (Å²) in [7, 11) is 0. The fourth-order valence-corrected chi connectivity index (χ4v) is 4.01. The number of hydrogen-bond acceptors (Lipinski definition) is 11. The van der Waals surface area contributed by atoms with Crippen LogP contribution in [0.15, 0.2) is 30.3 Å². The number of alkyl carbamates (subject to hydrolysis) is 1. The maximum Gasteiger partial charge on any atom is 0.407 e. The molecule has 0 aromatic heterocycles. The number of carbonyl (C=O) groups excluding carboxylic acids is 3. The van der Waals surface area contributed by atoms with Crippen LogP contribution in [0.2, 0.25) is 0 Å². The van der Waals surface area contributed by atoms with Gasteiger partial charge in [-0.15, -0.1) is 0 Å². The van der Waals surface area contributed by atoms with Gasteiger partial charge >= 0.3 is 12.1 Å². The minimum Gasteiger partial charge on any atom is -0.480 e. The van der Waals surface area contributed by atoms with Crippen LogP contribution in [0.3, 0.4) is 0 Å². The number of ether oxygens (including phenoxy) is 3. The summed E-state index contributed by atoms with van der Waals surface area (Å²) in [5, 5.41) is 46.5. The molecule has 1 heterocycles. The molecule has 1 saturated heterocycles. The Morgan fingerprint density at radius 3 is 2.10 bits per heavy atom. The van der Waals surface area contributed by atoms with Gasteiger partial charge in [-0.2, -0.15) is 0 Å². The smallest absolute Gasteiger partial charge is 0.407 e. The third kappa shape index (κ3) is 13.5. The van der Waals surface area contributed by atoms with E-state index in [0.717, 1.165) is 12.0 Å². The summed E-state index contributed by atoms with van der Waals surface area (Å²) < 4.78 is 15.8. The second-order valence-corrected chi connectivity index (χ2v) is 9.84. The highest BCUT2D eigenvalue weighted by Crippen LogP contribution is 2.21. The Bertz CT molecular complexity index is 984. The number of carbonyl (C=O) groups is 4. The van der Waals surface area contributed by atoms with Gasteiger partial charge in [0.15, 0.2) is 6.29 Å². The second kappa shape index (κ2) is 19.0. The molecule has 0 unspecified atom stereocenters. The van der Waals surface area contributed by atoms with Gasteiger partial charge in [-0.25, -0.2) is 4.79 Å². The molecule has 236 valence electrons. The van der Waals surface area contributed by atoms with Crippen molar-refractivity contribution in [3.8, 4) is 0 Å². The minimum absolute atomic E-state index is 0.00877. The molecule has 0 bridgehead atoms. The molecule has 1 aliphatic rings. The molecular weight excluding hydrogens is 556 g/mol. The van der Waals surface area contributed by atoms with E-state index in [-0.39, 0.29) is 32.8 Å². The fourth-order valence-electron chi connectivity index (χ4n) is 4.01. The summed E-state index contributed by atoms with van der Waals surface area (Å²) >= 11 is 0. The Morgan fingerprint density at radius 2 is 1.45 bits per heavy atom. The van der Waals surface area contributed by atoms with Crippen LogP contribution in [0.1, 0.15) is 31.7 Å². The zero-order valence-electron chi connectivity index (χ0n) is 23.6. The van der Waals surface area contributed by atoms with Gasteiger partial charge in [0, 0.05) is 19.6 Å². The number of benzene rings is 1. The van der Waals surface area contributed by atoms with Crippen molar-refractivity contribution in [1.29, 1.82) is 0 Å². The van der Waals surface area contributed by atoms with E-state index in [9.17, 15) is 34.5 Å². The number of aliphatic hydroxyl groups excluding tert-OH is 3. The first-order valence-electron chi connectivity index (χ1n) is 13.8. The van der Waals surface area contributed by atoms with Crippen molar-refractivity contribution in [2.75, 3.05) is 45.9 Å². The fraction of sp³-hybridized carbons (Fsp3) is 0.630. The summed E-state index contributed by atoms with van der Waals surface area (Å²) in [6, 6.07) is 9.32. The van der Waals surface area contributed by atoms with Crippen molar-refractivity contribution in [3.63, 3.8) is 0 Å². The molecule has 15 nitrogen and oxygen atoms in total. The second-order valence-electron chi connectivity index (χ2n) is 9.84. The average molecular weight is 599 g/mol. The van der Waals surface area contributed by atoms with Gasteiger partial charge in [-0.05, 0) is 31.7 Å². The van der Waals surface area contributed by atoms with Crippen molar-refractivity contribution >= 4 is 23.9 Å². The lowest BCUT2D eigenvalue weighted by atomic mass is 10.0. The van der Waals surface area contributed by atoms with E-state index >= 15 is 0 Å². The van der Waals surface area contributed by atoms with Crippen LogP contribution in [0.4, 0.5) is 4.79 Å². The normalized spacial score (nSPS) is 21.9. The molecule has 2 rings (SSSR count). The SMILES string of the molecule is C[C@@H]1O[C@@H](OCCNC(=O)CN(CC(=O)O)CC(=O)NCCCCCNC(=O)OCc2ccccc2)[C@@H](O)[C@H](O)[C@@H]1O. The van der Waals surface area contributed by atoms with Crippen molar-refractivity contribution in [3.05, 3.63) is 35.9 Å². The van der Waals surface area contributed by atoms with Crippen LogP contribution in [-0.4, -0.2) is 126 Å². The number of carboxylic acid groups (broad SMARTS) is 1. The number of aliphatic hydroxyl groups is 3. The molecule has 1 aromatic carbocycles. The van der Waals surface area contributed by atoms with Crippen LogP contribution in [0.5, 0.6) is 0 Å². The van der Waals surface area contributed by atoms with E-state index in [1.54, 1.807) is 0 Å². The first-order chi connectivity index (χ1) is 20.1. The highest BCUT2D eigenvalue weighted by molar-refractivity contribution is 5.82. The number of hydrogen-bond donors (Lipinski definition) is 7. The first kappa shape index (κ1) is 34.9. The molecule has 3 amide bonds. The Balaban J connectivity index is 1.56. The van der Waals surface area contributed by atoms with E-state index in [4.69, 9.17) is 19.3 Å². The van der Waals surface area contributed by atoms with Gasteiger partial charge in [0.1, 0.15) is 24.9 Å². The average Bonchev–Trinajstić information content (AvgIpc) is 2.95. The van der Waals surface area contributed by atoms with Gasteiger partial charge in [0.2, 0.25) is 11.8 Å². The van der Waals surface area contributed by atoms with Crippen LogP contribution in [0.25, 0.3) is 0 Å². The maximum atomic E-state index is 12.3. The summed E-state index contributed by atoms with van der Waals surface area (Å²) in [5.41, 5.74) is 0.891. The molecule has 1 fully saturated rings. The van der Waals surface area contributed by atoms with Gasteiger partial charge in [-0.3, -0.25) is 19.3 Å². The van der Waals surface area contributed by atoms with Crippen molar-refractivity contribution < 1.29 is 53.8 Å². The minimum atomic E-state index is -1.47. The molecule has 7 N–H and O–H groups in total. The number of amides is 3. The largest absolute Gasteiger partial charge is 0.480 e. The molecule has 5 atom stereocenters. The highest BCUT2D eigenvalue weighted by Gasteiger charge is 2.42. The number of rotatable bonds is 18. The lowest BCUT2D eigenvalue weighted by Gasteiger charge is -2.38. The van der Waals surface area contributed by atoms with Crippen LogP contribution < -0.4 is 16.0 Å². The van der Waals surface area contributed by atoms with Crippen LogP contribution >= 0.6 is 0 Å². The lowest BCUT2D eigenvalue weighted by molar-refractivity contribution is -0.292. The predicted molar refractivity (Wildman–Crippen MR) is 147 cm³/mol. The summed E-state index contributed by atoms with van der Waals surface area (Å²) in [4.78, 5) is 48.7. The Morgan fingerprint density at radius 1 is 0.833 bits per heavy atom. The molecule has 1 aliphatic heterocycles. The molecule has 42 heavy (non-hydrogen) atoms. The highest BCUT2D eigenvalue weighted by atomic mass is 16.7. The maximum absolute atomic E-state index is 12.3. The summed E-state index contributed by atoms with van der Waals surface area (Å²) in [6.07, 6.45) is -4.60. The molecule has 0 aliphatic carbocycles. The van der Waals surface area contributed by atoms with E-state index in [2.05, 4.69) is 16.0 Å². The summed E-state index contributed by atoms with van der Waals surface area (Å²) in [6.45, 7) is 1.20. The standard InChI is InChI=1S/C27H42N4O11/c1-18-23(36)24(37)25(38)26(42-18)40-13-12-29-21(33)15-31(16-22(34)35)14-20(32)28-10-6-3-7-11-30-27(39)41-17-19-8-4-2-5-9-19/h2,4-5,8-9,18,23-26,36-38H,3,6-7,10-17H2,1H3,(H,28,32)(H,29,33)(H,30,39)(H,34,35)/t18-,23+,24+,25-,26+/m0/s1. The van der Waals surface area contributed by atoms with Crippen molar-refractivity contribution in [2.45, 2.75) is 63.5 Å². The number of unbranched alkanes of at least 4 members (excludes halogenated alkanes) is 2. The van der Waals surface area contributed by atoms with E-state index in [0.29, 0.717) is 25.9 Å². The molecule has 0 saturated carbocycles. The third-order valence-corrected chi connectivity index (χ3v) is 6.27. The quantitative estimate of drug-likeness (QED) is 0.0966. The van der Waals surface area contributed by atoms with Crippen molar-refractivity contribution in [1.82, 2.24) is 20.9 Å². The van der Waals surface area contributed by atoms with E-state index in [1.165, 1.54) is 11.8 Å². The zero-order valence-corrected chi connectivity index (χ0v) is 23.6. The Hall–Kier alpha value is -3.34. The van der Waals surface area contributed by atoms with Gasteiger partial charge in [0.05, 0.1) is 32.3 Å². The zero-order chi connectivity index (χ0) is 30.9. The van der Waals surface area contributed by atoms with Gasteiger partial charge in [0.25, 0.3) is 0 Å². The van der Waals surface area contributed by atoms with Crippen molar-refractivity contribution in [2.24, 2.45) is 0 Å². The Labute approximate surface area is 244 Å². The molecule has 1 aromatic rings. The van der Waals surface area contributed by atoms with E-state index in [1.807, 2.05) is 30.3 Å². The molecular formula is C27H42N4O11. The van der Waals surface area contributed by atoms with Gasteiger partial charge in [-0.1, -0.05) is 30.3 Å². The predicted octanol–water partition coefficient (Wildman–Crippen LogP) is -1.45. The summed E-state index contributed by atoms with van der Waals surface area (Å²) in [5.74, 6) is -2.18. The third-order valence-electron chi connectivity index (χ3n) is 6.27. The number of carboxylic acids is 1. The lowest BCUT2D eigenvalue weighted by Crippen LogP contribution is -2.57. The number of aliphatic carboxylic acids is 1. The molecule has 0 radical (unpaired) electrons. The number of nitrogens with one attached hydrogen (secondary N) is 3. The Kier molecular flexibility index (Phi) is 15.7.